The normalized spacial score (nSPS) is 11.2. The fraction of sp³-hybridized carbons (Fsp3) is 0.176. The van der Waals surface area contributed by atoms with Crippen LogP contribution in [0.25, 0.3) is 22.5 Å². The van der Waals surface area contributed by atoms with Crippen LogP contribution in [-0.2, 0) is 6.54 Å². The molecule has 3 heterocycles. The molecule has 0 aliphatic carbocycles. The lowest BCUT2D eigenvalue weighted by atomic mass is 10.1. The number of hydrogen-bond acceptors (Lipinski definition) is 6. The lowest BCUT2D eigenvalue weighted by Crippen LogP contribution is -2.00. The van der Waals surface area contributed by atoms with Crippen molar-refractivity contribution in [1.82, 2.24) is 24.9 Å². The predicted octanol–water partition coefficient (Wildman–Crippen LogP) is 3.69. The highest BCUT2D eigenvalue weighted by Gasteiger charge is 2.18. The van der Waals surface area contributed by atoms with Crippen LogP contribution in [0.15, 0.2) is 41.2 Å². The summed E-state index contributed by atoms with van der Waals surface area (Å²) in [6, 6.07) is 6.11. The van der Waals surface area contributed by atoms with E-state index in [1.807, 2.05) is 6.92 Å². The highest BCUT2D eigenvalue weighted by molar-refractivity contribution is 5.98. The van der Waals surface area contributed by atoms with E-state index in [1.165, 1.54) is 12.1 Å². The Kier molecular flexibility index (Phi) is 3.64. The first-order valence-corrected chi connectivity index (χ1v) is 7.83. The topological polar surface area (TPSA) is 81.7 Å². The number of halogens is 1. The third-order valence-electron chi connectivity index (χ3n) is 3.84. The maximum absolute atomic E-state index is 13.2. The highest BCUT2D eigenvalue weighted by atomic mass is 19.1. The minimum Gasteiger partial charge on any atom is -0.354 e. The summed E-state index contributed by atoms with van der Waals surface area (Å²) >= 11 is 0. The number of rotatable bonds is 4. The molecule has 0 radical (unpaired) electrons. The zero-order valence-corrected chi connectivity index (χ0v) is 13.7. The van der Waals surface area contributed by atoms with E-state index in [0.717, 1.165) is 22.4 Å². The second-order valence-electron chi connectivity index (χ2n) is 5.52. The lowest BCUT2D eigenvalue weighted by molar-refractivity contribution is 0.425. The maximum atomic E-state index is 13.2. The van der Waals surface area contributed by atoms with Crippen LogP contribution >= 0.6 is 0 Å². The molecule has 0 amide bonds. The molecule has 0 aliphatic rings. The second kappa shape index (κ2) is 5.97. The van der Waals surface area contributed by atoms with E-state index in [9.17, 15) is 4.39 Å². The average molecular weight is 338 g/mol. The Labute approximate surface area is 142 Å². The minimum atomic E-state index is -0.294. The first kappa shape index (κ1) is 15.3. The van der Waals surface area contributed by atoms with E-state index in [-0.39, 0.29) is 5.82 Å². The van der Waals surface area contributed by atoms with Gasteiger partial charge in [0, 0.05) is 18.4 Å². The maximum Gasteiger partial charge on any atom is 0.261 e. The Bertz CT molecular complexity index is 1040. The molecule has 7 nitrogen and oxygen atoms in total. The van der Waals surface area contributed by atoms with Crippen LogP contribution in [0, 0.1) is 12.7 Å². The minimum absolute atomic E-state index is 0.294. The molecular weight excluding hydrogens is 323 g/mol. The molecule has 0 unspecified atom stereocenters. The first-order chi connectivity index (χ1) is 12.2. The van der Waals surface area contributed by atoms with Gasteiger partial charge in [0.2, 0.25) is 0 Å². The van der Waals surface area contributed by atoms with Crippen LogP contribution < -0.4 is 5.32 Å². The van der Waals surface area contributed by atoms with E-state index in [1.54, 1.807) is 36.1 Å². The fourth-order valence-electron chi connectivity index (χ4n) is 2.64. The molecule has 0 saturated heterocycles. The summed E-state index contributed by atoms with van der Waals surface area (Å²) in [5.41, 5.74) is 2.87. The number of aryl methyl sites for hydroxylation is 2. The molecular formula is C17H15FN6O. The van der Waals surface area contributed by atoms with Gasteiger partial charge in [-0.1, -0.05) is 5.16 Å². The third kappa shape index (κ3) is 2.71. The molecule has 0 bridgehead atoms. The Morgan fingerprint density at radius 3 is 2.68 bits per heavy atom. The van der Waals surface area contributed by atoms with Crippen molar-refractivity contribution in [2.24, 2.45) is 0 Å². The molecule has 0 atom stereocenters. The molecule has 0 saturated carbocycles. The zero-order chi connectivity index (χ0) is 17.4. The molecule has 1 aromatic carbocycles. The smallest absolute Gasteiger partial charge is 0.261 e. The Balaban J connectivity index is 1.90. The SMILES string of the molecule is CCn1ncc2c(Nc3ccc(F)cc3)c(-c3nc(C)no3)cnc21. The average Bonchev–Trinajstić information content (AvgIpc) is 3.23. The van der Waals surface area contributed by atoms with Gasteiger partial charge in [-0.25, -0.2) is 14.1 Å². The van der Waals surface area contributed by atoms with Crippen LogP contribution in [0.3, 0.4) is 0 Å². The van der Waals surface area contributed by atoms with Gasteiger partial charge < -0.3 is 9.84 Å². The quantitative estimate of drug-likeness (QED) is 0.611. The molecule has 25 heavy (non-hydrogen) atoms. The number of aromatic nitrogens is 5. The van der Waals surface area contributed by atoms with E-state index >= 15 is 0 Å². The van der Waals surface area contributed by atoms with E-state index in [2.05, 4.69) is 25.5 Å². The molecule has 1 N–H and O–H groups in total. The monoisotopic (exact) mass is 338 g/mol. The van der Waals surface area contributed by atoms with Crippen LogP contribution in [-0.4, -0.2) is 24.9 Å². The fourth-order valence-corrected chi connectivity index (χ4v) is 2.64. The van der Waals surface area contributed by atoms with Crippen molar-refractivity contribution in [2.45, 2.75) is 20.4 Å². The molecule has 0 aliphatic heterocycles. The number of anilines is 2. The summed E-state index contributed by atoms with van der Waals surface area (Å²) in [5, 5.41) is 12.3. The standard InChI is InChI=1S/C17H15FN6O/c1-3-24-16-13(9-20-24)15(22-12-6-4-11(18)5-7-12)14(8-19-16)17-21-10(2)23-25-17/h4-9H,3H2,1-2H3,(H,19,22). The van der Waals surface area contributed by atoms with Crippen molar-refractivity contribution in [3.8, 4) is 11.5 Å². The predicted molar refractivity (Wildman–Crippen MR) is 90.9 cm³/mol. The summed E-state index contributed by atoms with van der Waals surface area (Å²) in [5.74, 6) is 0.602. The van der Waals surface area contributed by atoms with Gasteiger partial charge in [-0.3, -0.25) is 0 Å². The van der Waals surface area contributed by atoms with Crippen molar-refractivity contribution >= 4 is 22.4 Å². The summed E-state index contributed by atoms with van der Waals surface area (Å²) in [7, 11) is 0. The Morgan fingerprint density at radius 1 is 1.20 bits per heavy atom. The molecule has 0 fully saturated rings. The van der Waals surface area contributed by atoms with Gasteiger partial charge in [0.05, 0.1) is 22.8 Å². The molecule has 4 aromatic rings. The van der Waals surface area contributed by atoms with Gasteiger partial charge in [-0.15, -0.1) is 0 Å². The molecule has 0 spiro atoms. The van der Waals surface area contributed by atoms with Gasteiger partial charge in [0.15, 0.2) is 11.5 Å². The van der Waals surface area contributed by atoms with Crippen LogP contribution in [0.5, 0.6) is 0 Å². The molecule has 4 rings (SSSR count). The van der Waals surface area contributed by atoms with Crippen LogP contribution in [0.2, 0.25) is 0 Å². The van der Waals surface area contributed by atoms with Gasteiger partial charge in [-0.05, 0) is 38.1 Å². The van der Waals surface area contributed by atoms with Gasteiger partial charge in [-0.2, -0.15) is 10.1 Å². The first-order valence-electron chi connectivity index (χ1n) is 7.83. The Hall–Kier alpha value is -3.29. The molecule has 126 valence electrons. The summed E-state index contributed by atoms with van der Waals surface area (Å²) in [6.07, 6.45) is 3.42. The van der Waals surface area contributed by atoms with Crippen molar-refractivity contribution in [1.29, 1.82) is 0 Å². The number of fused-ring (bicyclic) bond motifs is 1. The van der Waals surface area contributed by atoms with Crippen molar-refractivity contribution in [2.75, 3.05) is 5.32 Å². The van der Waals surface area contributed by atoms with E-state index in [0.29, 0.717) is 23.8 Å². The largest absolute Gasteiger partial charge is 0.354 e. The van der Waals surface area contributed by atoms with Crippen molar-refractivity contribution < 1.29 is 8.91 Å². The van der Waals surface area contributed by atoms with Crippen LogP contribution in [0.1, 0.15) is 12.7 Å². The summed E-state index contributed by atoms with van der Waals surface area (Å²) in [4.78, 5) is 8.77. The molecule has 8 heteroatoms. The third-order valence-corrected chi connectivity index (χ3v) is 3.84. The van der Waals surface area contributed by atoms with Crippen molar-refractivity contribution in [3.63, 3.8) is 0 Å². The zero-order valence-electron chi connectivity index (χ0n) is 13.7. The lowest BCUT2D eigenvalue weighted by Gasteiger charge is -2.11. The van der Waals surface area contributed by atoms with E-state index < -0.39 is 0 Å². The number of pyridine rings is 1. The highest BCUT2D eigenvalue weighted by Crippen LogP contribution is 2.34. The molecule has 3 aromatic heterocycles. The number of nitrogens with one attached hydrogen (secondary N) is 1. The van der Waals surface area contributed by atoms with E-state index in [4.69, 9.17) is 4.52 Å². The summed E-state index contributed by atoms with van der Waals surface area (Å²) < 4.78 is 20.3. The number of benzene rings is 1. The Morgan fingerprint density at radius 2 is 2.00 bits per heavy atom. The van der Waals surface area contributed by atoms with Crippen molar-refractivity contribution in [3.05, 3.63) is 48.3 Å². The van der Waals surface area contributed by atoms with Gasteiger partial charge in [0.1, 0.15) is 5.82 Å². The van der Waals surface area contributed by atoms with Crippen LogP contribution in [0.4, 0.5) is 15.8 Å². The van der Waals surface area contributed by atoms with Gasteiger partial charge >= 0.3 is 0 Å². The number of nitrogens with zero attached hydrogens (tertiary/aromatic N) is 5. The summed E-state index contributed by atoms with van der Waals surface area (Å²) in [6.45, 7) is 4.45. The second-order valence-corrected chi connectivity index (χ2v) is 5.52. The number of hydrogen-bond donors (Lipinski definition) is 1. The van der Waals surface area contributed by atoms with Gasteiger partial charge in [0.25, 0.3) is 5.89 Å².